The number of esters is 1. The fourth-order valence-electron chi connectivity index (χ4n) is 2.70. The molecule has 0 unspecified atom stereocenters. The van der Waals surface area contributed by atoms with Crippen LogP contribution in [0.3, 0.4) is 0 Å². The van der Waals surface area contributed by atoms with Gasteiger partial charge in [0.05, 0.1) is 17.1 Å². The van der Waals surface area contributed by atoms with Gasteiger partial charge in [0.1, 0.15) is 0 Å². The Morgan fingerprint density at radius 1 is 1.17 bits per heavy atom. The number of aryl methyl sites for hydroxylation is 1. The van der Waals surface area contributed by atoms with Gasteiger partial charge in [0.15, 0.2) is 12.4 Å². The van der Waals surface area contributed by atoms with Crippen LogP contribution in [0, 0.1) is 10.1 Å². The van der Waals surface area contributed by atoms with Crippen molar-refractivity contribution in [3.63, 3.8) is 0 Å². The number of amides is 1. The number of rotatable bonds is 10. The highest BCUT2D eigenvalue weighted by atomic mass is 16.6. The molecule has 0 radical (unpaired) electrons. The first-order chi connectivity index (χ1) is 13.9. The van der Waals surface area contributed by atoms with Gasteiger partial charge in [-0.3, -0.25) is 14.9 Å². The Morgan fingerprint density at radius 2 is 1.90 bits per heavy atom. The molecule has 0 aliphatic carbocycles. The number of carbonyl (C=O) groups excluding carboxylic acids is 2. The zero-order valence-electron chi connectivity index (χ0n) is 16.4. The molecule has 2 aromatic carbocycles. The Labute approximate surface area is 169 Å². The summed E-state index contributed by atoms with van der Waals surface area (Å²) in [5.74, 6) is -1.18. The van der Waals surface area contributed by atoms with Crippen LogP contribution in [-0.2, 0) is 16.0 Å². The number of nitro benzene ring substituents is 1. The van der Waals surface area contributed by atoms with Crippen LogP contribution in [0.4, 0.5) is 5.69 Å². The van der Waals surface area contributed by atoms with Gasteiger partial charge in [-0.15, -0.1) is 0 Å². The number of carbonyl (C=O) groups is 2. The molecule has 0 aliphatic rings. The van der Waals surface area contributed by atoms with Crippen LogP contribution in [0.25, 0.3) is 0 Å². The van der Waals surface area contributed by atoms with Gasteiger partial charge in [-0.25, -0.2) is 4.79 Å². The number of nitro groups is 1. The van der Waals surface area contributed by atoms with Crippen molar-refractivity contribution in [1.29, 1.82) is 0 Å². The summed E-state index contributed by atoms with van der Waals surface area (Å²) in [6.07, 6.45) is 1.56. The van der Waals surface area contributed by atoms with E-state index in [0.717, 1.165) is 18.9 Å². The molecule has 0 aromatic heterocycles. The molecule has 1 N–H and O–H groups in total. The van der Waals surface area contributed by atoms with E-state index >= 15 is 0 Å². The summed E-state index contributed by atoms with van der Waals surface area (Å²) in [6, 6.07) is 13.6. The minimum atomic E-state index is -0.816. The summed E-state index contributed by atoms with van der Waals surface area (Å²) in [5, 5.41) is 13.9. The van der Waals surface area contributed by atoms with E-state index in [9.17, 15) is 19.7 Å². The van der Waals surface area contributed by atoms with E-state index in [1.807, 2.05) is 37.3 Å². The number of hydrogen-bond acceptors (Lipinski definition) is 6. The molecule has 2 rings (SSSR count). The molecule has 154 valence electrons. The van der Waals surface area contributed by atoms with Crippen molar-refractivity contribution in [2.75, 3.05) is 13.2 Å². The second kappa shape index (κ2) is 10.8. The summed E-state index contributed by atoms with van der Waals surface area (Å²) in [4.78, 5) is 34.6. The largest absolute Gasteiger partial charge is 0.487 e. The van der Waals surface area contributed by atoms with Crippen LogP contribution in [0.15, 0.2) is 48.5 Å². The third kappa shape index (κ3) is 6.91. The average Bonchev–Trinajstić information content (AvgIpc) is 2.71. The van der Waals surface area contributed by atoms with Crippen LogP contribution in [0.2, 0.25) is 0 Å². The Kier molecular flexibility index (Phi) is 8.14. The molecule has 0 spiro atoms. The van der Waals surface area contributed by atoms with Crippen LogP contribution in [-0.4, -0.2) is 36.1 Å². The number of benzene rings is 2. The lowest BCUT2D eigenvalue weighted by molar-refractivity contribution is -0.385. The molecule has 0 saturated carbocycles. The van der Waals surface area contributed by atoms with Crippen LogP contribution >= 0.6 is 0 Å². The van der Waals surface area contributed by atoms with Gasteiger partial charge in [0.2, 0.25) is 0 Å². The molecule has 29 heavy (non-hydrogen) atoms. The van der Waals surface area contributed by atoms with Gasteiger partial charge >= 0.3 is 11.7 Å². The monoisotopic (exact) mass is 400 g/mol. The maximum Gasteiger partial charge on any atom is 0.338 e. The van der Waals surface area contributed by atoms with Crippen LogP contribution in [0.1, 0.15) is 36.2 Å². The first-order valence-corrected chi connectivity index (χ1v) is 9.32. The minimum absolute atomic E-state index is 0.0231. The third-order valence-electron chi connectivity index (χ3n) is 4.14. The van der Waals surface area contributed by atoms with E-state index in [0.29, 0.717) is 0 Å². The molecule has 8 nitrogen and oxygen atoms in total. The lowest BCUT2D eigenvalue weighted by Crippen LogP contribution is -2.36. The summed E-state index contributed by atoms with van der Waals surface area (Å²) < 4.78 is 10.1. The summed E-state index contributed by atoms with van der Waals surface area (Å²) >= 11 is 0. The molecule has 2 aromatic rings. The van der Waals surface area contributed by atoms with Crippen LogP contribution in [0.5, 0.6) is 5.75 Å². The predicted octanol–water partition coefficient (Wildman–Crippen LogP) is 3.29. The molecular weight excluding hydrogens is 376 g/mol. The smallest absolute Gasteiger partial charge is 0.338 e. The molecule has 0 fully saturated rings. The zero-order chi connectivity index (χ0) is 21.2. The van der Waals surface area contributed by atoms with E-state index < -0.39 is 23.4 Å². The predicted molar refractivity (Wildman–Crippen MR) is 107 cm³/mol. The number of ether oxygens (including phenoxy) is 2. The standard InChI is InChI=1S/C21H24N2O6/c1-3-28-19-12-11-17(13-18(19)23(26)27)21(25)29-14-20(24)22-15(2)9-10-16-7-5-4-6-8-16/h4-8,11-13,15H,3,9-10,14H2,1-2H3,(H,22,24)/t15-/m0/s1. The fraction of sp³-hybridized carbons (Fsp3) is 0.333. The topological polar surface area (TPSA) is 108 Å². The maximum atomic E-state index is 12.1. The van der Waals surface area contributed by atoms with Gasteiger partial charge in [-0.2, -0.15) is 0 Å². The van der Waals surface area contributed by atoms with Gasteiger partial charge in [0.25, 0.3) is 5.91 Å². The molecule has 0 saturated heterocycles. The van der Waals surface area contributed by atoms with Crippen molar-refractivity contribution in [1.82, 2.24) is 5.32 Å². The molecule has 0 heterocycles. The average molecular weight is 400 g/mol. The first-order valence-electron chi connectivity index (χ1n) is 9.32. The quantitative estimate of drug-likeness (QED) is 0.372. The Hall–Kier alpha value is -3.42. The summed E-state index contributed by atoms with van der Waals surface area (Å²) in [7, 11) is 0. The number of nitrogens with zero attached hydrogens (tertiary/aromatic N) is 1. The third-order valence-corrected chi connectivity index (χ3v) is 4.14. The van der Waals surface area contributed by atoms with E-state index in [1.165, 1.54) is 17.7 Å². The Bertz CT molecular complexity index is 854. The Morgan fingerprint density at radius 3 is 2.55 bits per heavy atom. The van der Waals surface area contributed by atoms with Gasteiger partial charge < -0.3 is 14.8 Å². The second-order valence-corrected chi connectivity index (χ2v) is 6.44. The minimum Gasteiger partial charge on any atom is -0.487 e. The SMILES string of the molecule is CCOc1ccc(C(=O)OCC(=O)N[C@@H](C)CCc2ccccc2)cc1[N+](=O)[O-]. The molecule has 1 atom stereocenters. The van der Waals surface area contributed by atoms with E-state index in [1.54, 1.807) is 6.92 Å². The van der Waals surface area contributed by atoms with E-state index in [2.05, 4.69) is 5.32 Å². The van der Waals surface area contributed by atoms with E-state index in [4.69, 9.17) is 9.47 Å². The zero-order valence-corrected chi connectivity index (χ0v) is 16.4. The lowest BCUT2D eigenvalue weighted by atomic mass is 10.1. The van der Waals surface area contributed by atoms with Crippen molar-refractivity contribution in [2.24, 2.45) is 0 Å². The summed E-state index contributed by atoms with van der Waals surface area (Å²) in [6.45, 7) is 3.37. The Balaban J connectivity index is 1.84. The highest BCUT2D eigenvalue weighted by Gasteiger charge is 2.20. The van der Waals surface area contributed by atoms with E-state index in [-0.39, 0.29) is 29.6 Å². The molecule has 8 heteroatoms. The molecule has 0 bridgehead atoms. The fourth-order valence-corrected chi connectivity index (χ4v) is 2.70. The highest BCUT2D eigenvalue weighted by molar-refractivity contribution is 5.92. The number of hydrogen-bond donors (Lipinski definition) is 1. The highest BCUT2D eigenvalue weighted by Crippen LogP contribution is 2.28. The van der Waals surface area contributed by atoms with Crippen molar-refractivity contribution in [3.05, 3.63) is 69.8 Å². The van der Waals surface area contributed by atoms with Crippen molar-refractivity contribution >= 4 is 17.6 Å². The van der Waals surface area contributed by atoms with Gasteiger partial charge in [0, 0.05) is 12.1 Å². The lowest BCUT2D eigenvalue weighted by Gasteiger charge is -2.14. The molecule has 1 amide bonds. The van der Waals surface area contributed by atoms with Gasteiger partial charge in [-0.05, 0) is 44.4 Å². The summed E-state index contributed by atoms with van der Waals surface area (Å²) in [5.41, 5.74) is 0.822. The van der Waals surface area contributed by atoms with Crippen molar-refractivity contribution in [2.45, 2.75) is 32.7 Å². The van der Waals surface area contributed by atoms with Crippen LogP contribution < -0.4 is 10.1 Å². The first kappa shape index (κ1) is 21.9. The number of nitrogens with one attached hydrogen (secondary N) is 1. The molecule has 0 aliphatic heterocycles. The van der Waals surface area contributed by atoms with Crippen molar-refractivity contribution < 1.29 is 24.0 Å². The normalized spacial score (nSPS) is 11.4. The van der Waals surface area contributed by atoms with Crippen molar-refractivity contribution in [3.8, 4) is 5.75 Å². The molecular formula is C21H24N2O6. The second-order valence-electron chi connectivity index (χ2n) is 6.44. The maximum absolute atomic E-state index is 12.1. The van der Waals surface area contributed by atoms with Gasteiger partial charge in [-0.1, -0.05) is 30.3 Å².